The number of ether oxygens (including phenoxy) is 1. The fraction of sp³-hybridized carbons (Fsp3) is 0.895. The van der Waals surface area contributed by atoms with Gasteiger partial charge in [0.1, 0.15) is 12.4 Å². The molecule has 1 atom stereocenters. The average molecular weight is 729 g/mol. The molecule has 1 unspecified atom stereocenters. The standard InChI is InChI=1S/C19H36O5S12/c1-25-6-7-36(23)17-34-15-32-13-31-14-33-16-35-19(22)9-28-11-30-12-29-10-27-8-18(21)24-3-5-26-4-2-20/h20H,2-17H2,1H3. The van der Waals surface area contributed by atoms with E-state index in [2.05, 4.69) is 0 Å². The summed E-state index contributed by atoms with van der Waals surface area (Å²) in [4.78, 5) is 23.5. The van der Waals surface area contributed by atoms with Gasteiger partial charge in [0, 0.05) is 52.9 Å². The molecule has 0 saturated carbocycles. The van der Waals surface area contributed by atoms with Crippen LogP contribution in [-0.4, -0.2) is 115 Å². The monoisotopic (exact) mass is 728 g/mol. The molecule has 0 aromatic heterocycles. The Labute approximate surface area is 267 Å². The maximum Gasteiger partial charge on any atom is 0.315 e. The first kappa shape index (κ1) is 39.3. The summed E-state index contributed by atoms with van der Waals surface area (Å²) in [5, 5.41) is 16.2. The Balaban J connectivity index is 3.27. The van der Waals surface area contributed by atoms with Crippen molar-refractivity contribution in [1.29, 1.82) is 0 Å². The number of thioether (sulfide) groups is 11. The molecule has 0 aliphatic heterocycles. The van der Waals surface area contributed by atoms with E-state index in [4.69, 9.17) is 9.84 Å². The van der Waals surface area contributed by atoms with E-state index in [0.29, 0.717) is 23.9 Å². The van der Waals surface area contributed by atoms with Crippen molar-refractivity contribution in [3.63, 3.8) is 0 Å². The van der Waals surface area contributed by atoms with Gasteiger partial charge in [-0.05, 0) is 17.4 Å². The van der Waals surface area contributed by atoms with Crippen LogP contribution in [0.2, 0.25) is 0 Å². The number of esters is 1. The predicted molar refractivity (Wildman–Crippen MR) is 189 cm³/mol. The van der Waals surface area contributed by atoms with Crippen LogP contribution in [0.3, 0.4) is 0 Å². The highest BCUT2D eigenvalue weighted by atomic mass is 32.3. The zero-order valence-electron chi connectivity index (χ0n) is 20.3. The summed E-state index contributed by atoms with van der Waals surface area (Å²) in [7, 11) is 0. The molecule has 0 rings (SSSR count). The van der Waals surface area contributed by atoms with Gasteiger partial charge in [-0.2, -0.15) is 23.5 Å². The first-order chi connectivity index (χ1) is 17.6. The molecule has 0 fully saturated rings. The van der Waals surface area contributed by atoms with Gasteiger partial charge >= 0.3 is 5.97 Å². The third-order valence-corrected chi connectivity index (χ3v) is 18.1. The van der Waals surface area contributed by atoms with Gasteiger partial charge in [0.25, 0.3) is 0 Å². The molecular weight excluding hydrogens is 693 g/mol. The summed E-state index contributed by atoms with van der Waals surface area (Å²) in [6.07, 6.45) is 2.04. The highest BCUT2D eigenvalue weighted by Gasteiger charge is 2.06. The number of hydrogen-bond donors (Lipinski definition) is 1. The fourth-order valence-electron chi connectivity index (χ4n) is 1.71. The second-order valence-corrected chi connectivity index (χ2v) is 21.7. The molecule has 214 valence electrons. The molecule has 0 heterocycles. The van der Waals surface area contributed by atoms with Crippen molar-refractivity contribution in [2.24, 2.45) is 0 Å². The Morgan fingerprint density at radius 3 is 1.97 bits per heavy atom. The molecule has 5 nitrogen and oxygen atoms in total. The van der Waals surface area contributed by atoms with E-state index in [0.717, 1.165) is 57.9 Å². The number of aliphatic hydroxyl groups excluding tert-OH is 1. The molecule has 0 aliphatic rings. The Morgan fingerprint density at radius 1 is 0.750 bits per heavy atom. The minimum Gasteiger partial charge on any atom is -0.616 e. The quantitative estimate of drug-likeness (QED) is 0.0432. The second kappa shape index (κ2) is 32.8. The van der Waals surface area contributed by atoms with Crippen LogP contribution in [0, 0.1) is 0 Å². The molecule has 0 amide bonds. The lowest BCUT2D eigenvalue weighted by Gasteiger charge is -2.09. The maximum absolute atomic E-state index is 12.0. The van der Waals surface area contributed by atoms with Crippen LogP contribution in [-0.2, 0) is 25.5 Å². The Kier molecular flexibility index (Phi) is 35.7. The molecule has 0 spiro atoms. The van der Waals surface area contributed by atoms with Gasteiger partial charge in [-0.1, -0.05) is 23.5 Å². The van der Waals surface area contributed by atoms with Gasteiger partial charge in [0.15, 0.2) is 10.2 Å². The van der Waals surface area contributed by atoms with Gasteiger partial charge < -0.3 is 14.4 Å². The molecule has 0 radical (unpaired) electrons. The third kappa shape index (κ3) is 31.8. The molecule has 1 N–H and O–H groups in total. The smallest absolute Gasteiger partial charge is 0.315 e. The normalized spacial score (nSPS) is 12.1. The van der Waals surface area contributed by atoms with E-state index in [9.17, 15) is 14.1 Å². The van der Waals surface area contributed by atoms with Crippen molar-refractivity contribution in [1.82, 2.24) is 0 Å². The lowest BCUT2D eigenvalue weighted by molar-refractivity contribution is -0.139. The minimum atomic E-state index is -0.687. The van der Waals surface area contributed by atoms with E-state index in [1.54, 1.807) is 94.1 Å². The molecule has 36 heavy (non-hydrogen) atoms. The summed E-state index contributed by atoms with van der Waals surface area (Å²) >= 11 is 18.2. The van der Waals surface area contributed by atoms with Crippen LogP contribution in [0.4, 0.5) is 0 Å². The van der Waals surface area contributed by atoms with Crippen molar-refractivity contribution in [2.75, 3.05) is 94.7 Å². The number of aliphatic hydroxyl groups is 1. The molecule has 17 heteroatoms. The van der Waals surface area contributed by atoms with Crippen LogP contribution in [0.25, 0.3) is 0 Å². The summed E-state index contributed by atoms with van der Waals surface area (Å²) < 4.78 is 16.8. The summed E-state index contributed by atoms with van der Waals surface area (Å²) in [6, 6.07) is 0. The van der Waals surface area contributed by atoms with E-state index in [1.807, 2.05) is 29.8 Å². The first-order valence-electron chi connectivity index (χ1n) is 10.6. The van der Waals surface area contributed by atoms with Crippen molar-refractivity contribution < 1.29 is 24.0 Å². The Hall–Kier alpha value is 3.26. The van der Waals surface area contributed by atoms with E-state index in [1.165, 1.54) is 11.8 Å². The summed E-state index contributed by atoms with van der Waals surface area (Å²) in [5.41, 5.74) is 0. The number of rotatable bonds is 28. The molecule has 0 aromatic rings. The van der Waals surface area contributed by atoms with Crippen LogP contribution in [0.5, 0.6) is 0 Å². The minimum absolute atomic E-state index is 0.155. The number of hydrogen-bond acceptors (Lipinski definition) is 16. The molecule has 0 saturated heterocycles. The highest BCUT2D eigenvalue weighted by Crippen LogP contribution is 2.25. The van der Waals surface area contributed by atoms with Crippen molar-refractivity contribution in [2.45, 2.75) is 0 Å². The number of carbonyl (C=O) groups excluding carboxylic acids is 2. The van der Waals surface area contributed by atoms with Gasteiger partial charge in [0.2, 0.25) is 0 Å². The zero-order valence-corrected chi connectivity index (χ0v) is 30.1. The molecular formula is C19H36O5S12. The topological polar surface area (TPSA) is 86.7 Å². The number of carbonyl (C=O) groups is 2. The lowest BCUT2D eigenvalue weighted by Crippen LogP contribution is -2.10. The second-order valence-electron chi connectivity index (χ2n) is 6.07. The summed E-state index contributed by atoms with van der Waals surface area (Å²) in [5.74, 6) is 3.92. The summed E-state index contributed by atoms with van der Waals surface area (Å²) in [6.45, 7) is 0.559. The van der Waals surface area contributed by atoms with E-state index >= 15 is 0 Å². The Morgan fingerprint density at radius 2 is 1.33 bits per heavy atom. The van der Waals surface area contributed by atoms with Crippen molar-refractivity contribution in [3.8, 4) is 0 Å². The SMILES string of the molecule is CSCC[S+]([O-])CSCSCSCSCSC(=O)CSCSCSCSCC(=O)OCCSCCO. The van der Waals surface area contributed by atoms with Crippen LogP contribution in [0.15, 0.2) is 0 Å². The van der Waals surface area contributed by atoms with E-state index < -0.39 is 11.2 Å². The predicted octanol–water partition coefficient (Wildman–Crippen LogP) is 6.15. The maximum atomic E-state index is 12.0. The molecule has 0 aliphatic carbocycles. The lowest BCUT2D eigenvalue weighted by atomic mass is 10.8. The fourth-order valence-corrected chi connectivity index (χ4v) is 15.5. The van der Waals surface area contributed by atoms with Crippen molar-refractivity contribution in [3.05, 3.63) is 0 Å². The highest BCUT2D eigenvalue weighted by molar-refractivity contribution is 8.31. The Bertz CT molecular complexity index is 509. The molecule has 0 aromatic carbocycles. The van der Waals surface area contributed by atoms with Gasteiger partial charge in [-0.25, -0.2) is 0 Å². The van der Waals surface area contributed by atoms with Crippen LogP contribution < -0.4 is 0 Å². The zero-order chi connectivity index (χ0) is 26.5. The van der Waals surface area contributed by atoms with Gasteiger partial charge in [-0.15, -0.1) is 82.3 Å². The van der Waals surface area contributed by atoms with Crippen LogP contribution >= 0.6 is 129 Å². The van der Waals surface area contributed by atoms with E-state index in [-0.39, 0.29) is 17.7 Å². The molecule has 0 bridgehead atoms. The first-order valence-corrected chi connectivity index (χ1v) is 24.8. The van der Waals surface area contributed by atoms with Crippen molar-refractivity contribution >= 4 is 152 Å². The van der Waals surface area contributed by atoms with Crippen LogP contribution in [0.1, 0.15) is 0 Å². The van der Waals surface area contributed by atoms with Gasteiger partial charge in [-0.3, -0.25) is 9.59 Å². The third-order valence-electron chi connectivity index (χ3n) is 3.20. The average Bonchev–Trinajstić information content (AvgIpc) is 2.87. The largest absolute Gasteiger partial charge is 0.616 e. The van der Waals surface area contributed by atoms with Gasteiger partial charge in [0.05, 0.1) is 18.1 Å².